The first-order chi connectivity index (χ1) is 14.5. The summed E-state index contributed by atoms with van der Waals surface area (Å²) in [6.45, 7) is 7.11. The first kappa shape index (κ1) is 22.2. The number of hydrogen-bond donors (Lipinski definition) is 0. The number of carbonyl (C=O) groups excluding carboxylic acids is 1. The van der Waals surface area contributed by atoms with Gasteiger partial charge in [-0.25, -0.2) is 0 Å². The van der Waals surface area contributed by atoms with Gasteiger partial charge in [-0.3, -0.25) is 9.69 Å². The van der Waals surface area contributed by atoms with Crippen molar-refractivity contribution in [2.45, 2.75) is 52.1 Å². The molecule has 1 aliphatic heterocycles. The normalized spacial score (nSPS) is 15.1. The molecule has 0 radical (unpaired) electrons. The van der Waals surface area contributed by atoms with E-state index in [2.05, 4.69) is 43.0 Å². The van der Waals surface area contributed by atoms with E-state index in [9.17, 15) is 4.79 Å². The molecule has 0 N–H and O–H groups in total. The van der Waals surface area contributed by atoms with Crippen LogP contribution in [0.3, 0.4) is 0 Å². The average molecular weight is 411 g/mol. The van der Waals surface area contributed by atoms with Gasteiger partial charge in [0.05, 0.1) is 14.2 Å². The van der Waals surface area contributed by atoms with Crippen LogP contribution >= 0.6 is 0 Å². The van der Waals surface area contributed by atoms with Gasteiger partial charge in [0.15, 0.2) is 11.5 Å². The largest absolute Gasteiger partial charge is 0.493 e. The molecule has 0 atom stereocenters. The first-order valence-electron chi connectivity index (χ1n) is 10.9. The number of ether oxygens (including phenoxy) is 2. The van der Waals surface area contributed by atoms with Crippen LogP contribution in [0.5, 0.6) is 11.5 Å². The van der Waals surface area contributed by atoms with Gasteiger partial charge in [-0.15, -0.1) is 0 Å². The predicted octanol–water partition coefficient (Wildman–Crippen LogP) is 4.81. The molecule has 0 spiro atoms. The molecule has 2 aromatic carbocycles. The molecule has 30 heavy (non-hydrogen) atoms. The summed E-state index contributed by atoms with van der Waals surface area (Å²) in [5.41, 5.74) is 3.53. The van der Waals surface area contributed by atoms with Gasteiger partial charge in [-0.1, -0.05) is 36.8 Å². The number of hydrogen-bond acceptors (Lipinski definition) is 4. The third-order valence-electron chi connectivity index (χ3n) is 5.83. The Morgan fingerprint density at radius 1 is 1.03 bits per heavy atom. The van der Waals surface area contributed by atoms with Gasteiger partial charge in [0, 0.05) is 43.9 Å². The maximum atomic E-state index is 13.0. The molecule has 162 valence electrons. The number of benzene rings is 2. The highest BCUT2D eigenvalue weighted by molar-refractivity contribution is 5.94. The van der Waals surface area contributed by atoms with Crippen molar-refractivity contribution >= 4 is 11.6 Å². The second-order valence-corrected chi connectivity index (χ2v) is 8.05. The zero-order valence-corrected chi connectivity index (χ0v) is 18.7. The van der Waals surface area contributed by atoms with E-state index in [1.807, 2.05) is 23.1 Å². The number of carbonyl (C=O) groups is 1. The molecule has 1 amide bonds. The Hall–Kier alpha value is -2.53. The number of nitrogens with zero attached hydrogens (tertiary/aromatic N) is 2. The Labute approximate surface area is 180 Å². The number of amides is 1. The van der Waals surface area contributed by atoms with E-state index < -0.39 is 0 Å². The number of likely N-dealkylation sites (tertiary alicyclic amines) is 1. The minimum absolute atomic E-state index is 0.182. The molecule has 0 saturated carbocycles. The predicted molar refractivity (Wildman–Crippen MR) is 121 cm³/mol. The van der Waals surface area contributed by atoms with E-state index in [1.165, 1.54) is 11.1 Å². The Bertz CT molecular complexity index is 827. The van der Waals surface area contributed by atoms with E-state index in [-0.39, 0.29) is 11.9 Å². The number of methoxy groups -OCH3 is 2. The van der Waals surface area contributed by atoms with Crippen LogP contribution in [0.4, 0.5) is 5.69 Å². The van der Waals surface area contributed by atoms with Gasteiger partial charge in [0.25, 0.3) is 0 Å². The fraction of sp³-hybridized carbons (Fsp3) is 0.480. The van der Waals surface area contributed by atoms with E-state index in [0.29, 0.717) is 17.9 Å². The maximum absolute atomic E-state index is 13.0. The molecule has 5 heteroatoms. The molecular formula is C25H34N2O3. The van der Waals surface area contributed by atoms with E-state index in [4.69, 9.17) is 9.47 Å². The average Bonchev–Trinajstić information content (AvgIpc) is 2.77. The lowest BCUT2D eigenvalue weighted by atomic mass is 10.0. The summed E-state index contributed by atoms with van der Waals surface area (Å²) in [4.78, 5) is 17.5. The first-order valence-corrected chi connectivity index (χ1v) is 10.9. The van der Waals surface area contributed by atoms with Gasteiger partial charge < -0.3 is 14.4 Å². The number of anilines is 1. The zero-order valence-electron chi connectivity index (χ0n) is 18.7. The molecular weight excluding hydrogens is 376 g/mol. The molecule has 3 rings (SSSR count). The SMILES string of the molecule is CCCC(=O)N(c1ccc(OC)c(OC)c1)C1CCN(Cc2ccc(C)cc2)CC1. The van der Waals surface area contributed by atoms with Crippen LogP contribution in [0, 0.1) is 6.92 Å². The lowest BCUT2D eigenvalue weighted by Crippen LogP contribution is -2.47. The highest BCUT2D eigenvalue weighted by Crippen LogP contribution is 2.34. The van der Waals surface area contributed by atoms with Crippen LogP contribution in [0.2, 0.25) is 0 Å². The lowest BCUT2D eigenvalue weighted by molar-refractivity contribution is -0.119. The Morgan fingerprint density at radius 2 is 1.70 bits per heavy atom. The Balaban J connectivity index is 1.72. The lowest BCUT2D eigenvalue weighted by Gasteiger charge is -2.39. The number of rotatable bonds is 8. The summed E-state index contributed by atoms with van der Waals surface area (Å²) in [5, 5.41) is 0. The van der Waals surface area contributed by atoms with Crippen molar-refractivity contribution in [3.05, 3.63) is 53.6 Å². The fourth-order valence-electron chi connectivity index (χ4n) is 4.15. The van der Waals surface area contributed by atoms with Gasteiger partial charge in [0.1, 0.15) is 0 Å². The molecule has 1 aliphatic rings. The summed E-state index contributed by atoms with van der Waals surface area (Å²) in [5.74, 6) is 1.51. The second-order valence-electron chi connectivity index (χ2n) is 8.05. The highest BCUT2D eigenvalue weighted by atomic mass is 16.5. The van der Waals surface area contributed by atoms with Gasteiger partial charge in [0.2, 0.25) is 5.91 Å². The molecule has 2 aromatic rings. The maximum Gasteiger partial charge on any atom is 0.227 e. The second kappa shape index (κ2) is 10.5. The van der Waals surface area contributed by atoms with Crippen LogP contribution in [0.25, 0.3) is 0 Å². The fourth-order valence-corrected chi connectivity index (χ4v) is 4.15. The van der Waals surface area contributed by atoms with Crippen LogP contribution in [-0.2, 0) is 11.3 Å². The summed E-state index contributed by atoms with van der Waals surface area (Å²) in [7, 11) is 3.25. The van der Waals surface area contributed by atoms with Crippen molar-refractivity contribution in [3.63, 3.8) is 0 Å². The quantitative estimate of drug-likeness (QED) is 0.626. The van der Waals surface area contributed by atoms with Crippen molar-refractivity contribution in [2.75, 3.05) is 32.2 Å². The smallest absolute Gasteiger partial charge is 0.227 e. The number of piperidine rings is 1. The van der Waals surface area contributed by atoms with Crippen LogP contribution in [0.15, 0.2) is 42.5 Å². The molecule has 5 nitrogen and oxygen atoms in total. The summed E-state index contributed by atoms with van der Waals surface area (Å²) >= 11 is 0. The highest BCUT2D eigenvalue weighted by Gasteiger charge is 2.29. The van der Waals surface area contributed by atoms with Crippen LogP contribution < -0.4 is 14.4 Å². The van der Waals surface area contributed by atoms with E-state index in [0.717, 1.165) is 44.6 Å². The van der Waals surface area contributed by atoms with Crippen LogP contribution in [0.1, 0.15) is 43.7 Å². The zero-order chi connectivity index (χ0) is 21.5. The monoisotopic (exact) mass is 410 g/mol. The molecule has 1 saturated heterocycles. The van der Waals surface area contributed by atoms with Crippen molar-refractivity contribution in [3.8, 4) is 11.5 Å². The summed E-state index contributed by atoms with van der Waals surface area (Å²) < 4.78 is 10.8. The van der Waals surface area contributed by atoms with E-state index >= 15 is 0 Å². The third kappa shape index (κ3) is 5.33. The van der Waals surface area contributed by atoms with Crippen molar-refractivity contribution in [1.29, 1.82) is 0 Å². The Morgan fingerprint density at radius 3 is 2.30 bits per heavy atom. The molecule has 1 heterocycles. The standard InChI is InChI=1S/C25H34N2O3/c1-5-6-25(28)27(22-11-12-23(29-3)24(17-22)30-4)21-13-15-26(16-14-21)18-20-9-7-19(2)8-10-20/h7-12,17,21H,5-6,13-16,18H2,1-4H3. The minimum atomic E-state index is 0.182. The summed E-state index contributed by atoms with van der Waals surface area (Å²) in [6, 6.07) is 14.7. The molecule has 0 aliphatic carbocycles. The molecule has 0 unspecified atom stereocenters. The van der Waals surface area contributed by atoms with E-state index in [1.54, 1.807) is 14.2 Å². The van der Waals surface area contributed by atoms with Crippen molar-refractivity contribution < 1.29 is 14.3 Å². The van der Waals surface area contributed by atoms with Gasteiger partial charge >= 0.3 is 0 Å². The van der Waals surface area contributed by atoms with Crippen molar-refractivity contribution in [1.82, 2.24) is 4.90 Å². The molecule has 1 fully saturated rings. The third-order valence-corrected chi connectivity index (χ3v) is 5.83. The minimum Gasteiger partial charge on any atom is -0.493 e. The molecule has 0 aromatic heterocycles. The number of aryl methyl sites for hydroxylation is 1. The van der Waals surface area contributed by atoms with Crippen molar-refractivity contribution in [2.24, 2.45) is 0 Å². The summed E-state index contributed by atoms with van der Waals surface area (Å²) in [6.07, 6.45) is 3.33. The Kier molecular flexibility index (Phi) is 7.75. The van der Waals surface area contributed by atoms with Gasteiger partial charge in [-0.2, -0.15) is 0 Å². The van der Waals surface area contributed by atoms with Crippen LogP contribution in [-0.4, -0.2) is 44.2 Å². The van der Waals surface area contributed by atoms with Gasteiger partial charge in [-0.05, 0) is 43.9 Å². The molecule has 0 bridgehead atoms. The topological polar surface area (TPSA) is 42.0 Å².